The maximum Gasteiger partial charge on any atom is 0.166 e. The summed E-state index contributed by atoms with van der Waals surface area (Å²) in [6.45, 7) is 1.13. The minimum Gasteiger partial charge on any atom is -0.473 e. The molecule has 0 bridgehead atoms. The van der Waals surface area contributed by atoms with Gasteiger partial charge in [0.05, 0.1) is 11.4 Å². The molecule has 8 heteroatoms. The van der Waals surface area contributed by atoms with Crippen LogP contribution in [0, 0.1) is 0 Å². The van der Waals surface area contributed by atoms with Crippen molar-refractivity contribution in [2.45, 2.75) is 25.2 Å². The molecule has 0 unspecified atom stereocenters. The molecule has 31 heavy (non-hydrogen) atoms. The number of rotatable bonds is 5. The van der Waals surface area contributed by atoms with E-state index in [0.717, 1.165) is 39.0 Å². The Kier molecular flexibility index (Phi) is 4.15. The summed E-state index contributed by atoms with van der Waals surface area (Å²) in [4.78, 5) is 11.4. The number of anilines is 1. The van der Waals surface area contributed by atoms with Gasteiger partial charge in [0.25, 0.3) is 0 Å². The lowest BCUT2D eigenvalue weighted by atomic mass is 9.85. The topological polar surface area (TPSA) is 94.7 Å². The Bertz CT molecular complexity index is 1380. The van der Waals surface area contributed by atoms with E-state index in [1.165, 1.54) is 19.3 Å². The van der Waals surface area contributed by atoms with Crippen LogP contribution in [0.5, 0.6) is 5.75 Å². The van der Waals surface area contributed by atoms with Crippen LogP contribution >= 0.6 is 0 Å². The number of nitrogens with zero attached hydrogens (tertiary/aromatic N) is 5. The van der Waals surface area contributed by atoms with Crippen LogP contribution in [-0.2, 0) is 0 Å². The highest BCUT2D eigenvalue weighted by atomic mass is 16.5. The first kappa shape index (κ1) is 18.0. The van der Waals surface area contributed by atoms with Crippen LogP contribution in [0.15, 0.2) is 47.4 Å². The quantitative estimate of drug-likeness (QED) is 0.534. The highest BCUT2D eigenvalue weighted by Crippen LogP contribution is 2.39. The molecular weight excluding hydrogens is 392 g/mol. The van der Waals surface area contributed by atoms with Gasteiger partial charge >= 0.3 is 0 Å². The van der Waals surface area contributed by atoms with E-state index in [9.17, 15) is 0 Å². The Balaban J connectivity index is 1.30. The van der Waals surface area contributed by atoms with E-state index >= 15 is 0 Å². The molecule has 1 aromatic carbocycles. The van der Waals surface area contributed by atoms with Crippen LogP contribution in [0.3, 0.4) is 0 Å². The molecule has 0 atom stereocenters. The standard InChI is InChI=1S/C23H22N6O2/c24-22-21-20(27-23(15-3-1-4-15)29(21)10-8-25-22)16-5-2-6-18(11-16)30-14-28-9-7-19-17(13-28)12-26-31-19/h2,5-8,10-13,15H,1,3-4,9,14H2,(H2,24,25). The average Bonchev–Trinajstić information content (AvgIpc) is 3.37. The molecule has 0 saturated heterocycles. The Morgan fingerprint density at radius 3 is 3.06 bits per heavy atom. The van der Waals surface area contributed by atoms with E-state index in [1.807, 2.05) is 42.7 Å². The van der Waals surface area contributed by atoms with Crippen LogP contribution in [0.2, 0.25) is 0 Å². The minimum atomic E-state index is 0.422. The van der Waals surface area contributed by atoms with Crippen molar-refractivity contribution < 1.29 is 9.26 Å². The van der Waals surface area contributed by atoms with Gasteiger partial charge in [0, 0.05) is 36.6 Å². The third-order valence-electron chi connectivity index (χ3n) is 6.05. The Morgan fingerprint density at radius 1 is 1.26 bits per heavy atom. The molecule has 0 spiro atoms. The molecule has 2 aliphatic rings. The highest BCUT2D eigenvalue weighted by molar-refractivity contribution is 5.85. The van der Waals surface area contributed by atoms with Crippen LogP contribution in [0.4, 0.5) is 5.82 Å². The van der Waals surface area contributed by atoms with Gasteiger partial charge in [-0.15, -0.1) is 0 Å². The lowest BCUT2D eigenvalue weighted by molar-refractivity contribution is 0.200. The summed E-state index contributed by atoms with van der Waals surface area (Å²) in [5, 5.41) is 4.79. The zero-order chi connectivity index (χ0) is 20.8. The van der Waals surface area contributed by atoms with E-state index in [0.29, 0.717) is 25.0 Å². The van der Waals surface area contributed by atoms with Crippen molar-refractivity contribution in [3.05, 3.63) is 59.3 Å². The maximum absolute atomic E-state index is 6.26. The fraction of sp³-hybridized carbons (Fsp3) is 0.261. The number of benzene rings is 1. The summed E-state index contributed by atoms with van der Waals surface area (Å²) in [6.07, 6.45) is 13.0. The monoisotopic (exact) mass is 414 g/mol. The zero-order valence-electron chi connectivity index (χ0n) is 16.9. The molecule has 0 amide bonds. The normalized spacial score (nSPS) is 15.8. The van der Waals surface area contributed by atoms with Gasteiger partial charge in [-0.3, -0.25) is 4.40 Å². The number of ether oxygens (including phenoxy) is 1. The number of imidazole rings is 1. The van der Waals surface area contributed by atoms with Gasteiger partial charge in [-0.05, 0) is 31.1 Å². The molecule has 1 fully saturated rings. The number of hydrogen-bond acceptors (Lipinski definition) is 7. The van der Waals surface area contributed by atoms with Gasteiger partial charge in [0.1, 0.15) is 28.6 Å². The molecule has 0 radical (unpaired) electrons. The molecular formula is C23H22N6O2. The van der Waals surface area contributed by atoms with Gasteiger partial charge in [-0.2, -0.15) is 0 Å². The summed E-state index contributed by atoms with van der Waals surface area (Å²) in [6, 6.07) is 7.98. The third kappa shape index (κ3) is 3.11. The summed E-state index contributed by atoms with van der Waals surface area (Å²) in [5.74, 6) is 2.82. The molecule has 2 N–H and O–H groups in total. The van der Waals surface area contributed by atoms with Gasteiger partial charge in [0.2, 0.25) is 0 Å². The molecule has 8 nitrogen and oxygen atoms in total. The van der Waals surface area contributed by atoms with E-state index in [2.05, 4.69) is 19.4 Å². The molecule has 6 rings (SSSR count). The predicted octanol–water partition coefficient (Wildman–Crippen LogP) is 2.10. The summed E-state index contributed by atoms with van der Waals surface area (Å²) < 4.78 is 13.4. The molecule has 3 aromatic heterocycles. The van der Waals surface area contributed by atoms with Crippen LogP contribution in [-0.4, -0.2) is 37.7 Å². The lowest BCUT2D eigenvalue weighted by Crippen LogP contribution is -2.34. The summed E-state index contributed by atoms with van der Waals surface area (Å²) >= 11 is 0. The van der Waals surface area contributed by atoms with Gasteiger partial charge in [0.15, 0.2) is 12.1 Å². The van der Waals surface area contributed by atoms with E-state index in [1.54, 1.807) is 12.4 Å². The number of nitrogens with two attached hydrogens (primary N) is 1. The predicted molar refractivity (Wildman–Crippen MR) is 116 cm³/mol. The van der Waals surface area contributed by atoms with Gasteiger partial charge in [-0.1, -0.05) is 23.7 Å². The zero-order valence-corrected chi connectivity index (χ0v) is 16.9. The molecule has 1 aliphatic heterocycles. The number of nitrogen functional groups attached to an aromatic ring is 1. The first-order valence-corrected chi connectivity index (χ1v) is 10.5. The van der Waals surface area contributed by atoms with E-state index in [-0.39, 0.29) is 0 Å². The molecule has 156 valence electrons. The van der Waals surface area contributed by atoms with Crippen molar-refractivity contribution in [1.82, 2.24) is 24.4 Å². The van der Waals surface area contributed by atoms with Crippen molar-refractivity contribution in [2.24, 2.45) is 0 Å². The minimum absolute atomic E-state index is 0.422. The fourth-order valence-corrected chi connectivity index (χ4v) is 4.18. The molecule has 1 saturated carbocycles. The Morgan fingerprint density at radius 2 is 2.19 bits per heavy atom. The second kappa shape index (κ2) is 7.16. The maximum atomic E-state index is 6.26. The SMILES string of the molecule is Nc1nccn2c(C3CCC3)nc(-c3cccc(OCN4C=c5cnoc5=CC4)c3)c12. The lowest BCUT2D eigenvalue weighted by Gasteiger charge is -2.23. The summed E-state index contributed by atoms with van der Waals surface area (Å²) in [5.41, 5.74) is 9.75. The molecule has 4 aromatic rings. The third-order valence-corrected chi connectivity index (χ3v) is 6.05. The summed E-state index contributed by atoms with van der Waals surface area (Å²) in [7, 11) is 0. The first-order valence-electron chi connectivity index (χ1n) is 10.5. The smallest absolute Gasteiger partial charge is 0.166 e. The number of fused-ring (bicyclic) bond motifs is 2. The Labute approximate surface area is 178 Å². The fourth-order valence-electron chi connectivity index (χ4n) is 4.18. The second-order valence-electron chi connectivity index (χ2n) is 8.03. The first-order chi connectivity index (χ1) is 15.3. The van der Waals surface area contributed by atoms with E-state index < -0.39 is 0 Å². The molecule has 1 aliphatic carbocycles. The van der Waals surface area contributed by atoms with Gasteiger partial charge < -0.3 is 19.9 Å². The number of aromatic nitrogens is 4. The van der Waals surface area contributed by atoms with Crippen LogP contribution in [0.1, 0.15) is 31.0 Å². The number of hydrogen-bond donors (Lipinski definition) is 1. The van der Waals surface area contributed by atoms with Crippen molar-refractivity contribution in [3.63, 3.8) is 0 Å². The largest absolute Gasteiger partial charge is 0.473 e. The van der Waals surface area contributed by atoms with Crippen LogP contribution < -0.4 is 21.1 Å². The van der Waals surface area contributed by atoms with Crippen molar-refractivity contribution >= 4 is 23.6 Å². The Hall–Kier alpha value is -3.81. The van der Waals surface area contributed by atoms with E-state index in [4.69, 9.17) is 20.0 Å². The second-order valence-corrected chi connectivity index (χ2v) is 8.03. The highest BCUT2D eigenvalue weighted by Gasteiger charge is 2.26. The van der Waals surface area contributed by atoms with Crippen molar-refractivity contribution in [2.75, 3.05) is 19.0 Å². The van der Waals surface area contributed by atoms with Crippen molar-refractivity contribution in [3.8, 4) is 17.0 Å². The van der Waals surface area contributed by atoms with Crippen molar-refractivity contribution in [1.29, 1.82) is 0 Å². The van der Waals surface area contributed by atoms with Crippen LogP contribution in [0.25, 0.3) is 29.1 Å². The van der Waals surface area contributed by atoms with Gasteiger partial charge in [-0.25, -0.2) is 9.97 Å². The molecule has 4 heterocycles. The average molecular weight is 414 g/mol.